The van der Waals surface area contributed by atoms with Crippen LogP contribution in [0.2, 0.25) is 0 Å². The predicted molar refractivity (Wildman–Crippen MR) is 74.6 cm³/mol. The van der Waals surface area contributed by atoms with Gasteiger partial charge >= 0.3 is 0 Å². The molecule has 0 unspecified atom stereocenters. The van der Waals surface area contributed by atoms with Crippen molar-refractivity contribution in [2.75, 3.05) is 26.9 Å². The van der Waals surface area contributed by atoms with Crippen LogP contribution < -0.4 is 15.2 Å². The SMILES string of the molecule is COc1cccc(OCC2CCOCC2)c1[C@H](C)N. The Kier molecular flexibility index (Phi) is 5.05. The minimum Gasteiger partial charge on any atom is -0.496 e. The topological polar surface area (TPSA) is 53.7 Å². The molecule has 0 saturated carbocycles. The maximum absolute atomic E-state index is 6.02. The summed E-state index contributed by atoms with van der Waals surface area (Å²) in [6, 6.07) is 5.70. The molecule has 1 atom stereocenters. The van der Waals surface area contributed by atoms with Gasteiger partial charge in [0, 0.05) is 19.3 Å². The first-order valence-corrected chi connectivity index (χ1v) is 6.85. The zero-order valence-corrected chi connectivity index (χ0v) is 11.7. The molecule has 0 bridgehead atoms. The van der Waals surface area contributed by atoms with Gasteiger partial charge in [0.15, 0.2) is 0 Å². The highest BCUT2D eigenvalue weighted by Gasteiger charge is 2.18. The predicted octanol–water partition coefficient (Wildman–Crippen LogP) is 2.52. The summed E-state index contributed by atoms with van der Waals surface area (Å²) in [4.78, 5) is 0. The van der Waals surface area contributed by atoms with Crippen molar-refractivity contribution < 1.29 is 14.2 Å². The van der Waals surface area contributed by atoms with E-state index in [1.807, 2.05) is 25.1 Å². The van der Waals surface area contributed by atoms with Gasteiger partial charge in [0.05, 0.1) is 19.3 Å². The summed E-state index contributed by atoms with van der Waals surface area (Å²) in [5.74, 6) is 2.20. The number of methoxy groups -OCH3 is 1. The van der Waals surface area contributed by atoms with Crippen LogP contribution in [0.25, 0.3) is 0 Å². The largest absolute Gasteiger partial charge is 0.496 e. The van der Waals surface area contributed by atoms with E-state index in [4.69, 9.17) is 19.9 Å². The summed E-state index contributed by atoms with van der Waals surface area (Å²) < 4.78 is 16.7. The lowest BCUT2D eigenvalue weighted by molar-refractivity contribution is 0.0495. The van der Waals surface area contributed by atoms with Crippen LogP contribution in [0.3, 0.4) is 0 Å². The van der Waals surface area contributed by atoms with Gasteiger partial charge in [-0.1, -0.05) is 6.07 Å². The van der Waals surface area contributed by atoms with Crippen LogP contribution in [0.4, 0.5) is 0 Å². The lowest BCUT2D eigenvalue weighted by atomic mass is 10.0. The molecular formula is C15H23NO3. The fourth-order valence-corrected chi connectivity index (χ4v) is 2.40. The number of rotatable bonds is 5. The van der Waals surface area contributed by atoms with E-state index in [1.54, 1.807) is 7.11 Å². The molecule has 1 fully saturated rings. The summed E-state index contributed by atoms with van der Waals surface area (Å²) in [5.41, 5.74) is 6.96. The quantitative estimate of drug-likeness (QED) is 0.889. The van der Waals surface area contributed by atoms with Crippen molar-refractivity contribution in [3.05, 3.63) is 23.8 Å². The van der Waals surface area contributed by atoms with Crippen molar-refractivity contribution in [1.82, 2.24) is 0 Å². The summed E-state index contributed by atoms with van der Waals surface area (Å²) in [7, 11) is 1.66. The Morgan fingerprint density at radius 2 is 2.00 bits per heavy atom. The van der Waals surface area contributed by atoms with Crippen LogP contribution in [0.15, 0.2) is 18.2 Å². The molecule has 106 valence electrons. The molecule has 1 aliphatic rings. The van der Waals surface area contributed by atoms with E-state index in [2.05, 4.69) is 0 Å². The molecule has 0 aliphatic carbocycles. The lowest BCUT2D eigenvalue weighted by Gasteiger charge is -2.23. The van der Waals surface area contributed by atoms with Gasteiger partial charge < -0.3 is 19.9 Å². The summed E-state index contributed by atoms with van der Waals surface area (Å²) in [5, 5.41) is 0. The molecular weight excluding hydrogens is 242 g/mol. The molecule has 1 aromatic carbocycles. The molecule has 2 rings (SSSR count). The van der Waals surface area contributed by atoms with Crippen LogP contribution >= 0.6 is 0 Å². The first-order valence-electron chi connectivity index (χ1n) is 6.85. The number of nitrogens with two attached hydrogens (primary N) is 1. The van der Waals surface area contributed by atoms with E-state index in [9.17, 15) is 0 Å². The van der Waals surface area contributed by atoms with Gasteiger partial charge in [0.25, 0.3) is 0 Å². The van der Waals surface area contributed by atoms with Crippen molar-refractivity contribution in [3.63, 3.8) is 0 Å². The third-order valence-corrected chi connectivity index (χ3v) is 3.52. The molecule has 19 heavy (non-hydrogen) atoms. The smallest absolute Gasteiger partial charge is 0.127 e. The molecule has 1 saturated heterocycles. The zero-order chi connectivity index (χ0) is 13.7. The Labute approximate surface area is 114 Å². The molecule has 0 amide bonds. The Hall–Kier alpha value is -1.26. The second kappa shape index (κ2) is 6.78. The van der Waals surface area contributed by atoms with Crippen molar-refractivity contribution in [2.24, 2.45) is 11.7 Å². The van der Waals surface area contributed by atoms with E-state index in [-0.39, 0.29) is 6.04 Å². The Morgan fingerprint density at radius 3 is 2.63 bits per heavy atom. The standard InChI is InChI=1S/C15H23NO3/c1-11(16)15-13(17-2)4-3-5-14(15)19-10-12-6-8-18-9-7-12/h3-5,11-12H,6-10,16H2,1-2H3/t11-/m0/s1. The van der Waals surface area contributed by atoms with Gasteiger partial charge in [-0.05, 0) is 37.8 Å². The molecule has 4 nitrogen and oxygen atoms in total. The lowest BCUT2D eigenvalue weighted by Crippen LogP contribution is -2.22. The second-order valence-corrected chi connectivity index (χ2v) is 5.03. The van der Waals surface area contributed by atoms with Gasteiger partial charge in [0.1, 0.15) is 11.5 Å². The average molecular weight is 265 g/mol. The fraction of sp³-hybridized carbons (Fsp3) is 0.600. The molecule has 1 heterocycles. The van der Waals surface area contributed by atoms with Crippen LogP contribution in [0.1, 0.15) is 31.4 Å². The van der Waals surface area contributed by atoms with E-state index in [0.29, 0.717) is 5.92 Å². The molecule has 1 aliphatic heterocycles. The highest BCUT2D eigenvalue weighted by atomic mass is 16.5. The highest BCUT2D eigenvalue weighted by molar-refractivity contribution is 5.46. The van der Waals surface area contributed by atoms with E-state index in [0.717, 1.165) is 49.7 Å². The van der Waals surface area contributed by atoms with Crippen molar-refractivity contribution in [1.29, 1.82) is 0 Å². The maximum Gasteiger partial charge on any atom is 0.127 e. The number of ether oxygens (including phenoxy) is 3. The average Bonchev–Trinajstić information content (AvgIpc) is 2.45. The molecule has 0 aromatic heterocycles. The third kappa shape index (κ3) is 3.61. The Balaban J connectivity index is 2.06. The molecule has 0 spiro atoms. The van der Waals surface area contributed by atoms with Crippen molar-refractivity contribution in [3.8, 4) is 11.5 Å². The van der Waals surface area contributed by atoms with Gasteiger partial charge in [-0.2, -0.15) is 0 Å². The van der Waals surface area contributed by atoms with Crippen molar-refractivity contribution in [2.45, 2.75) is 25.8 Å². The van der Waals surface area contributed by atoms with Crippen LogP contribution in [0, 0.1) is 5.92 Å². The number of benzene rings is 1. The van der Waals surface area contributed by atoms with E-state index < -0.39 is 0 Å². The van der Waals surface area contributed by atoms with Crippen LogP contribution in [0.5, 0.6) is 11.5 Å². The minimum atomic E-state index is -0.110. The second-order valence-electron chi connectivity index (χ2n) is 5.03. The fourth-order valence-electron chi connectivity index (χ4n) is 2.40. The van der Waals surface area contributed by atoms with E-state index >= 15 is 0 Å². The van der Waals surface area contributed by atoms with Crippen LogP contribution in [-0.4, -0.2) is 26.9 Å². The van der Waals surface area contributed by atoms with Gasteiger partial charge in [0.2, 0.25) is 0 Å². The Bertz CT molecular complexity index is 400. The number of hydrogen-bond donors (Lipinski definition) is 1. The normalized spacial score (nSPS) is 18.1. The molecule has 4 heteroatoms. The first-order chi connectivity index (χ1) is 9.22. The van der Waals surface area contributed by atoms with E-state index in [1.165, 1.54) is 0 Å². The zero-order valence-electron chi connectivity index (χ0n) is 11.7. The summed E-state index contributed by atoms with van der Waals surface area (Å²) in [6.07, 6.45) is 2.13. The monoisotopic (exact) mass is 265 g/mol. The Morgan fingerprint density at radius 1 is 1.32 bits per heavy atom. The minimum absolute atomic E-state index is 0.110. The van der Waals surface area contributed by atoms with Gasteiger partial charge in [-0.3, -0.25) is 0 Å². The van der Waals surface area contributed by atoms with Crippen LogP contribution in [-0.2, 0) is 4.74 Å². The molecule has 2 N–H and O–H groups in total. The highest BCUT2D eigenvalue weighted by Crippen LogP contribution is 2.33. The first kappa shape index (κ1) is 14.2. The summed E-state index contributed by atoms with van der Waals surface area (Å²) >= 11 is 0. The molecule has 1 aromatic rings. The van der Waals surface area contributed by atoms with Gasteiger partial charge in [-0.25, -0.2) is 0 Å². The van der Waals surface area contributed by atoms with Gasteiger partial charge in [-0.15, -0.1) is 0 Å². The summed E-state index contributed by atoms with van der Waals surface area (Å²) in [6.45, 7) is 4.34. The number of hydrogen-bond acceptors (Lipinski definition) is 4. The molecule has 0 radical (unpaired) electrons. The maximum atomic E-state index is 6.02. The third-order valence-electron chi connectivity index (χ3n) is 3.52. The van der Waals surface area contributed by atoms with Crippen molar-refractivity contribution >= 4 is 0 Å².